The summed E-state index contributed by atoms with van der Waals surface area (Å²) in [4.78, 5) is 11.9. The van der Waals surface area contributed by atoms with Crippen LogP contribution in [0.15, 0.2) is 24.3 Å². The van der Waals surface area contributed by atoms with Crippen LogP contribution in [-0.2, 0) is 11.2 Å². The molecule has 2 atom stereocenters. The van der Waals surface area contributed by atoms with Crippen molar-refractivity contribution in [2.75, 3.05) is 13.1 Å². The van der Waals surface area contributed by atoms with E-state index in [0.29, 0.717) is 18.4 Å². The molecule has 2 unspecified atom stereocenters. The minimum absolute atomic E-state index is 0.127. The lowest BCUT2D eigenvalue weighted by Gasteiger charge is -2.27. The summed E-state index contributed by atoms with van der Waals surface area (Å²) in [5.41, 5.74) is 2.31. The Morgan fingerprint density at radius 1 is 1.32 bits per heavy atom. The summed E-state index contributed by atoms with van der Waals surface area (Å²) in [7, 11) is 0. The monoisotopic (exact) mass is 260 g/mol. The van der Waals surface area contributed by atoms with Gasteiger partial charge in [-0.25, -0.2) is 0 Å². The standard InChI is InChI=1S/C16H24N2O/c1-12-3-6-14(7-4-12)9-16(19)18-11-15-8-5-13(2)17-10-15/h3-4,6-7,13,15,17H,5,8-11H2,1-2H3,(H,18,19). The fraction of sp³-hybridized carbons (Fsp3) is 0.562. The number of hydrogen-bond acceptors (Lipinski definition) is 2. The molecule has 0 aromatic heterocycles. The Balaban J connectivity index is 1.71. The molecule has 1 aromatic carbocycles. The molecule has 3 heteroatoms. The zero-order chi connectivity index (χ0) is 13.7. The van der Waals surface area contributed by atoms with Crippen LogP contribution in [0.5, 0.6) is 0 Å². The van der Waals surface area contributed by atoms with Crippen molar-refractivity contribution >= 4 is 5.91 Å². The number of hydrogen-bond donors (Lipinski definition) is 2. The Labute approximate surface area is 115 Å². The largest absolute Gasteiger partial charge is 0.355 e. The first kappa shape index (κ1) is 14.1. The number of aryl methyl sites for hydroxylation is 1. The summed E-state index contributed by atoms with van der Waals surface area (Å²) in [5.74, 6) is 0.709. The van der Waals surface area contributed by atoms with Gasteiger partial charge in [-0.15, -0.1) is 0 Å². The molecular formula is C16H24N2O. The highest BCUT2D eigenvalue weighted by molar-refractivity contribution is 5.78. The molecule has 1 aliphatic heterocycles. The molecule has 3 nitrogen and oxygen atoms in total. The van der Waals surface area contributed by atoms with E-state index in [9.17, 15) is 4.79 Å². The lowest BCUT2D eigenvalue weighted by molar-refractivity contribution is -0.120. The van der Waals surface area contributed by atoms with E-state index < -0.39 is 0 Å². The van der Waals surface area contributed by atoms with Crippen LogP contribution < -0.4 is 10.6 Å². The zero-order valence-corrected chi connectivity index (χ0v) is 11.9. The van der Waals surface area contributed by atoms with E-state index in [1.54, 1.807) is 0 Å². The molecule has 1 saturated heterocycles. The first-order valence-electron chi connectivity index (χ1n) is 7.19. The quantitative estimate of drug-likeness (QED) is 0.870. The lowest BCUT2D eigenvalue weighted by Crippen LogP contribution is -2.42. The smallest absolute Gasteiger partial charge is 0.224 e. The summed E-state index contributed by atoms with van der Waals surface area (Å²) in [6, 6.07) is 8.78. The zero-order valence-electron chi connectivity index (χ0n) is 11.9. The third kappa shape index (κ3) is 4.67. The van der Waals surface area contributed by atoms with E-state index in [4.69, 9.17) is 0 Å². The fourth-order valence-electron chi connectivity index (χ4n) is 2.44. The topological polar surface area (TPSA) is 41.1 Å². The van der Waals surface area contributed by atoms with Gasteiger partial charge in [0, 0.05) is 12.6 Å². The highest BCUT2D eigenvalue weighted by atomic mass is 16.1. The van der Waals surface area contributed by atoms with Gasteiger partial charge < -0.3 is 10.6 Å². The minimum atomic E-state index is 0.127. The van der Waals surface area contributed by atoms with Gasteiger partial charge in [-0.05, 0) is 44.7 Å². The molecule has 2 rings (SSSR count). The molecule has 0 spiro atoms. The van der Waals surface area contributed by atoms with Crippen molar-refractivity contribution in [2.45, 2.75) is 39.2 Å². The van der Waals surface area contributed by atoms with Gasteiger partial charge in [-0.1, -0.05) is 29.8 Å². The normalized spacial score (nSPS) is 23.1. The molecule has 0 bridgehead atoms. The Morgan fingerprint density at radius 3 is 2.68 bits per heavy atom. The van der Waals surface area contributed by atoms with Crippen molar-refractivity contribution in [1.82, 2.24) is 10.6 Å². The van der Waals surface area contributed by atoms with Gasteiger partial charge in [0.25, 0.3) is 0 Å². The molecule has 0 radical (unpaired) electrons. The van der Waals surface area contributed by atoms with Crippen LogP contribution in [0.1, 0.15) is 30.9 Å². The van der Waals surface area contributed by atoms with Crippen molar-refractivity contribution in [3.63, 3.8) is 0 Å². The molecule has 0 saturated carbocycles. The Bertz CT molecular complexity index is 405. The first-order chi connectivity index (χ1) is 9.13. The second-order valence-corrected chi connectivity index (χ2v) is 5.72. The maximum Gasteiger partial charge on any atom is 0.224 e. The molecule has 1 aliphatic rings. The summed E-state index contributed by atoms with van der Waals surface area (Å²) < 4.78 is 0. The summed E-state index contributed by atoms with van der Waals surface area (Å²) in [6.45, 7) is 6.09. The van der Waals surface area contributed by atoms with Gasteiger partial charge in [0.15, 0.2) is 0 Å². The number of piperidine rings is 1. The van der Waals surface area contributed by atoms with Gasteiger partial charge >= 0.3 is 0 Å². The highest BCUT2D eigenvalue weighted by Crippen LogP contribution is 2.13. The maximum atomic E-state index is 11.9. The Hall–Kier alpha value is -1.35. The van der Waals surface area contributed by atoms with E-state index in [2.05, 4.69) is 36.6 Å². The van der Waals surface area contributed by atoms with Gasteiger partial charge in [0.2, 0.25) is 5.91 Å². The number of amides is 1. The number of benzene rings is 1. The van der Waals surface area contributed by atoms with Gasteiger partial charge in [-0.2, -0.15) is 0 Å². The van der Waals surface area contributed by atoms with E-state index in [-0.39, 0.29) is 5.91 Å². The molecule has 1 fully saturated rings. The number of nitrogens with one attached hydrogen (secondary N) is 2. The fourth-order valence-corrected chi connectivity index (χ4v) is 2.44. The summed E-state index contributed by atoms with van der Waals surface area (Å²) in [6.07, 6.45) is 2.90. The van der Waals surface area contributed by atoms with Crippen LogP contribution >= 0.6 is 0 Å². The molecule has 0 aliphatic carbocycles. The molecule has 1 heterocycles. The van der Waals surface area contributed by atoms with Crippen molar-refractivity contribution in [1.29, 1.82) is 0 Å². The van der Waals surface area contributed by atoms with E-state index in [1.165, 1.54) is 18.4 Å². The molecule has 1 aromatic rings. The minimum Gasteiger partial charge on any atom is -0.355 e. The van der Waals surface area contributed by atoms with Gasteiger partial charge in [-0.3, -0.25) is 4.79 Å². The summed E-state index contributed by atoms with van der Waals surface area (Å²) in [5, 5.41) is 6.51. The predicted molar refractivity (Wildman–Crippen MR) is 78.1 cm³/mol. The van der Waals surface area contributed by atoms with Crippen molar-refractivity contribution in [3.8, 4) is 0 Å². The maximum absolute atomic E-state index is 11.9. The van der Waals surface area contributed by atoms with Gasteiger partial charge in [0.1, 0.15) is 0 Å². The van der Waals surface area contributed by atoms with Crippen LogP contribution in [-0.4, -0.2) is 25.0 Å². The molecule has 19 heavy (non-hydrogen) atoms. The van der Waals surface area contributed by atoms with Crippen LogP contribution in [0.3, 0.4) is 0 Å². The molecule has 104 valence electrons. The average molecular weight is 260 g/mol. The molecular weight excluding hydrogens is 236 g/mol. The van der Waals surface area contributed by atoms with Gasteiger partial charge in [0.05, 0.1) is 6.42 Å². The number of carbonyl (C=O) groups is 1. The highest BCUT2D eigenvalue weighted by Gasteiger charge is 2.17. The average Bonchev–Trinajstić information content (AvgIpc) is 2.41. The third-order valence-corrected chi connectivity index (χ3v) is 3.84. The second-order valence-electron chi connectivity index (χ2n) is 5.72. The number of rotatable bonds is 4. The Kier molecular flexibility index (Phi) is 4.97. The van der Waals surface area contributed by atoms with Crippen molar-refractivity contribution in [2.24, 2.45) is 5.92 Å². The molecule has 2 N–H and O–H groups in total. The second kappa shape index (κ2) is 6.71. The van der Waals surface area contributed by atoms with Crippen LogP contribution in [0.4, 0.5) is 0 Å². The van der Waals surface area contributed by atoms with E-state index in [0.717, 1.165) is 18.7 Å². The Morgan fingerprint density at radius 2 is 2.05 bits per heavy atom. The van der Waals surface area contributed by atoms with Crippen LogP contribution in [0.2, 0.25) is 0 Å². The van der Waals surface area contributed by atoms with E-state index in [1.807, 2.05) is 12.1 Å². The molecule has 1 amide bonds. The van der Waals surface area contributed by atoms with Crippen LogP contribution in [0, 0.1) is 12.8 Å². The van der Waals surface area contributed by atoms with Crippen molar-refractivity contribution < 1.29 is 4.79 Å². The van der Waals surface area contributed by atoms with E-state index >= 15 is 0 Å². The SMILES string of the molecule is Cc1ccc(CC(=O)NCC2CCC(C)NC2)cc1. The predicted octanol–water partition coefficient (Wildman–Crippen LogP) is 2.04. The number of carbonyl (C=O) groups excluding carboxylic acids is 1. The van der Waals surface area contributed by atoms with Crippen LogP contribution in [0.25, 0.3) is 0 Å². The first-order valence-corrected chi connectivity index (χ1v) is 7.19. The summed E-state index contributed by atoms with van der Waals surface area (Å²) >= 11 is 0. The lowest BCUT2D eigenvalue weighted by atomic mass is 9.95. The van der Waals surface area contributed by atoms with Crippen molar-refractivity contribution in [3.05, 3.63) is 35.4 Å². The third-order valence-electron chi connectivity index (χ3n) is 3.84.